The van der Waals surface area contributed by atoms with Crippen LogP contribution >= 0.6 is 11.3 Å². The van der Waals surface area contributed by atoms with Gasteiger partial charge in [0.15, 0.2) is 0 Å². The SMILES string of the molecule is COc1ccc(C=C(C#N)c2nc(-c3ccccc3)c(NC(=O)c3ccc(C)cc3)s2)cc1. The molecule has 5 nitrogen and oxygen atoms in total. The molecule has 0 saturated carbocycles. The van der Waals surface area contributed by atoms with Crippen LogP contribution < -0.4 is 10.1 Å². The van der Waals surface area contributed by atoms with E-state index in [1.807, 2.05) is 73.7 Å². The summed E-state index contributed by atoms with van der Waals surface area (Å²) in [6.07, 6.45) is 1.78. The molecular weight excluding hydrogens is 430 g/mol. The molecular formula is C27H21N3O2S. The average molecular weight is 452 g/mol. The van der Waals surface area contributed by atoms with Crippen LogP contribution in [0.15, 0.2) is 78.9 Å². The van der Waals surface area contributed by atoms with Gasteiger partial charge < -0.3 is 10.1 Å². The number of hydrogen-bond donors (Lipinski definition) is 1. The molecule has 0 aliphatic heterocycles. The first-order valence-corrected chi connectivity index (χ1v) is 11.1. The standard InChI is InChI=1S/C27H21N3O2S/c1-18-8-12-21(13-9-18)25(31)30-27-24(20-6-4-3-5-7-20)29-26(33-27)22(17-28)16-19-10-14-23(32-2)15-11-19/h3-16H,1-2H3,(H,30,31). The van der Waals surface area contributed by atoms with Crippen LogP contribution in [0, 0.1) is 18.3 Å². The number of anilines is 1. The maximum Gasteiger partial charge on any atom is 0.256 e. The summed E-state index contributed by atoms with van der Waals surface area (Å²) >= 11 is 1.28. The van der Waals surface area contributed by atoms with Gasteiger partial charge in [-0.1, -0.05) is 71.5 Å². The minimum Gasteiger partial charge on any atom is -0.497 e. The molecule has 1 amide bonds. The van der Waals surface area contributed by atoms with E-state index < -0.39 is 0 Å². The second-order valence-corrected chi connectivity index (χ2v) is 8.32. The molecule has 4 aromatic rings. The fourth-order valence-electron chi connectivity index (χ4n) is 3.20. The lowest BCUT2D eigenvalue weighted by Crippen LogP contribution is -2.11. The summed E-state index contributed by atoms with van der Waals surface area (Å²) in [5.74, 6) is 0.521. The third-order valence-electron chi connectivity index (χ3n) is 4.99. The molecule has 0 aliphatic carbocycles. The normalized spacial score (nSPS) is 11.0. The van der Waals surface area contributed by atoms with Gasteiger partial charge in [0.25, 0.3) is 5.91 Å². The second-order valence-electron chi connectivity index (χ2n) is 7.33. The molecule has 1 N–H and O–H groups in total. The predicted molar refractivity (Wildman–Crippen MR) is 133 cm³/mol. The Hall–Kier alpha value is -4.21. The number of rotatable bonds is 6. The molecule has 6 heteroatoms. The van der Waals surface area contributed by atoms with Crippen LogP contribution in [0.4, 0.5) is 5.00 Å². The number of thiazole rings is 1. The van der Waals surface area contributed by atoms with E-state index in [4.69, 9.17) is 9.72 Å². The molecule has 0 unspecified atom stereocenters. The highest BCUT2D eigenvalue weighted by atomic mass is 32.1. The van der Waals surface area contributed by atoms with E-state index in [-0.39, 0.29) is 5.91 Å². The third kappa shape index (κ3) is 5.17. The number of carbonyl (C=O) groups excluding carboxylic acids is 1. The summed E-state index contributed by atoms with van der Waals surface area (Å²) in [6, 6.07) is 26.7. The number of amides is 1. The minimum absolute atomic E-state index is 0.222. The number of nitriles is 1. The van der Waals surface area contributed by atoms with Gasteiger partial charge in [-0.15, -0.1) is 0 Å². The van der Waals surface area contributed by atoms with Crippen molar-refractivity contribution in [2.75, 3.05) is 12.4 Å². The third-order valence-corrected chi connectivity index (χ3v) is 6.00. The first-order valence-electron chi connectivity index (χ1n) is 10.3. The number of nitrogens with one attached hydrogen (secondary N) is 1. The van der Waals surface area contributed by atoms with Crippen molar-refractivity contribution in [3.8, 4) is 23.1 Å². The summed E-state index contributed by atoms with van der Waals surface area (Å²) in [5.41, 5.74) is 4.41. The first kappa shape index (κ1) is 22.0. The molecule has 0 spiro atoms. The topological polar surface area (TPSA) is 75.0 Å². The molecule has 0 bridgehead atoms. The molecule has 162 valence electrons. The van der Waals surface area contributed by atoms with E-state index in [2.05, 4.69) is 11.4 Å². The van der Waals surface area contributed by atoms with Gasteiger partial charge in [-0.05, 0) is 42.8 Å². The fourth-order valence-corrected chi connectivity index (χ4v) is 4.15. The van der Waals surface area contributed by atoms with E-state index >= 15 is 0 Å². The van der Waals surface area contributed by atoms with E-state index in [1.165, 1.54) is 11.3 Å². The van der Waals surface area contributed by atoms with Crippen molar-refractivity contribution in [2.45, 2.75) is 6.92 Å². The highest BCUT2D eigenvalue weighted by Crippen LogP contribution is 2.36. The van der Waals surface area contributed by atoms with Crippen molar-refractivity contribution in [1.29, 1.82) is 5.26 Å². The van der Waals surface area contributed by atoms with Gasteiger partial charge in [0.2, 0.25) is 0 Å². The minimum atomic E-state index is -0.222. The number of methoxy groups -OCH3 is 1. The van der Waals surface area contributed by atoms with Crippen LogP contribution in [-0.4, -0.2) is 18.0 Å². The van der Waals surface area contributed by atoms with Crippen LogP contribution in [0.2, 0.25) is 0 Å². The highest BCUT2D eigenvalue weighted by molar-refractivity contribution is 7.17. The monoisotopic (exact) mass is 451 g/mol. The van der Waals surface area contributed by atoms with Crippen LogP contribution in [0.25, 0.3) is 22.9 Å². The Morgan fingerprint density at radius 2 is 1.73 bits per heavy atom. The van der Waals surface area contributed by atoms with Gasteiger partial charge in [0.1, 0.15) is 27.5 Å². The number of carbonyl (C=O) groups is 1. The maximum absolute atomic E-state index is 12.9. The Bertz CT molecular complexity index is 1330. The van der Waals surface area contributed by atoms with Crippen molar-refractivity contribution in [3.05, 3.63) is 101 Å². The van der Waals surface area contributed by atoms with Crippen molar-refractivity contribution in [3.63, 3.8) is 0 Å². The molecule has 1 aromatic heterocycles. The van der Waals surface area contributed by atoms with Crippen LogP contribution in [-0.2, 0) is 0 Å². The van der Waals surface area contributed by atoms with Crippen molar-refractivity contribution < 1.29 is 9.53 Å². The van der Waals surface area contributed by atoms with Gasteiger partial charge in [0, 0.05) is 11.1 Å². The summed E-state index contributed by atoms with van der Waals surface area (Å²) in [6.45, 7) is 1.98. The number of hydrogen-bond acceptors (Lipinski definition) is 5. The van der Waals surface area contributed by atoms with Gasteiger partial charge >= 0.3 is 0 Å². The van der Waals surface area contributed by atoms with E-state index in [1.54, 1.807) is 25.3 Å². The van der Waals surface area contributed by atoms with Gasteiger partial charge in [-0.25, -0.2) is 4.98 Å². The number of benzene rings is 3. The number of allylic oxidation sites excluding steroid dienone is 1. The molecule has 0 atom stereocenters. The van der Waals surface area contributed by atoms with Gasteiger partial charge in [-0.2, -0.15) is 5.26 Å². The molecule has 0 radical (unpaired) electrons. The van der Waals surface area contributed by atoms with Crippen LogP contribution in [0.3, 0.4) is 0 Å². The van der Waals surface area contributed by atoms with Gasteiger partial charge in [-0.3, -0.25) is 4.79 Å². The van der Waals surface area contributed by atoms with Crippen molar-refractivity contribution >= 4 is 33.9 Å². The molecule has 1 heterocycles. The molecule has 4 rings (SSSR count). The predicted octanol–water partition coefficient (Wildman–Crippen LogP) is 6.44. The zero-order valence-electron chi connectivity index (χ0n) is 18.2. The quantitative estimate of drug-likeness (QED) is 0.342. The molecule has 0 fully saturated rings. The summed E-state index contributed by atoms with van der Waals surface area (Å²) in [5, 5.41) is 14.0. The lowest BCUT2D eigenvalue weighted by Gasteiger charge is -2.05. The molecule has 3 aromatic carbocycles. The molecule has 0 aliphatic rings. The van der Waals surface area contributed by atoms with Gasteiger partial charge in [0.05, 0.1) is 12.7 Å². The lowest BCUT2D eigenvalue weighted by molar-refractivity contribution is 0.102. The van der Waals surface area contributed by atoms with E-state index in [0.717, 1.165) is 22.4 Å². The van der Waals surface area contributed by atoms with E-state index in [9.17, 15) is 10.1 Å². The molecule has 33 heavy (non-hydrogen) atoms. The zero-order valence-corrected chi connectivity index (χ0v) is 19.0. The smallest absolute Gasteiger partial charge is 0.256 e. The Morgan fingerprint density at radius 1 is 1.03 bits per heavy atom. The Kier molecular flexibility index (Phi) is 6.63. The second kappa shape index (κ2) is 9.94. The Balaban J connectivity index is 1.72. The fraction of sp³-hybridized carbons (Fsp3) is 0.0741. The number of nitrogens with zero attached hydrogens (tertiary/aromatic N) is 2. The Morgan fingerprint density at radius 3 is 2.36 bits per heavy atom. The Labute approximate surface area is 196 Å². The van der Waals surface area contributed by atoms with Crippen molar-refractivity contribution in [2.24, 2.45) is 0 Å². The van der Waals surface area contributed by atoms with Crippen LogP contribution in [0.5, 0.6) is 5.75 Å². The zero-order chi connectivity index (χ0) is 23.2. The number of aryl methyl sites for hydroxylation is 1. The summed E-state index contributed by atoms with van der Waals surface area (Å²) in [7, 11) is 1.61. The van der Waals surface area contributed by atoms with E-state index in [0.29, 0.717) is 26.8 Å². The highest BCUT2D eigenvalue weighted by Gasteiger charge is 2.18. The first-order chi connectivity index (χ1) is 16.1. The average Bonchev–Trinajstić information content (AvgIpc) is 3.27. The summed E-state index contributed by atoms with van der Waals surface area (Å²) in [4.78, 5) is 17.6. The number of ether oxygens (including phenoxy) is 1. The molecule has 0 saturated heterocycles. The lowest BCUT2D eigenvalue weighted by atomic mass is 10.1. The summed E-state index contributed by atoms with van der Waals surface area (Å²) < 4.78 is 5.20. The van der Waals surface area contributed by atoms with Crippen molar-refractivity contribution in [1.82, 2.24) is 4.98 Å². The largest absolute Gasteiger partial charge is 0.497 e. The maximum atomic E-state index is 12.9. The van der Waals surface area contributed by atoms with Crippen LogP contribution in [0.1, 0.15) is 26.5 Å². The number of aromatic nitrogens is 1.